The van der Waals surface area contributed by atoms with Crippen LogP contribution in [-0.4, -0.2) is 47.8 Å². The molecule has 1 aromatic carbocycles. The normalized spacial score (nSPS) is 19.9. The summed E-state index contributed by atoms with van der Waals surface area (Å²) in [6.07, 6.45) is 3.82. The quantitative estimate of drug-likeness (QED) is 0.803. The maximum atomic E-state index is 12.3. The SMILES string of the molecule is CN=C1N(C)C(=O)C(=Cc2c[nH]c3ccccc23)N1C. The number of nitrogens with one attached hydrogen (secondary N) is 1. The van der Waals surface area contributed by atoms with Gasteiger partial charge >= 0.3 is 0 Å². The van der Waals surface area contributed by atoms with Gasteiger partial charge in [-0.05, 0) is 12.1 Å². The van der Waals surface area contributed by atoms with Crippen LogP contribution in [0, 0.1) is 0 Å². The van der Waals surface area contributed by atoms with Gasteiger partial charge in [0.1, 0.15) is 5.70 Å². The molecular weight excluding hydrogens is 252 g/mol. The van der Waals surface area contributed by atoms with Crippen LogP contribution in [-0.2, 0) is 4.79 Å². The van der Waals surface area contributed by atoms with E-state index in [1.165, 1.54) is 0 Å². The second-order valence-electron chi connectivity index (χ2n) is 4.77. The van der Waals surface area contributed by atoms with Crippen LogP contribution in [0.3, 0.4) is 0 Å². The molecule has 5 heteroatoms. The topological polar surface area (TPSA) is 51.7 Å². The fourth-order valence-corrected chi connectivity index (χ4v) is 2.56. The van der Waals surface area contributed by atoms with E-state index in [0.717, 1.165) is 16.5 Å². The van der Waals surface area contributed by atoms with Gasteiger partial charge in [-0.3, -0.25) is 14.7 Å². The van der Waals surface area contributed by atoms with Crippen LogP contribution in [0.5, 0.6) is 0 Å². The number of para-hydroxylation sites is 1. The summed E-state index contributed by atoms with van der Waals surface area (Å²) in [6, 6.07) is 8.03. The Morgan fingerprint density at radius 1 is 1.20 bits per heavy atom. The maximum absolute atomic E-state index is 12.3. The highest BCUT2D eigenvalue weighted by molar-refractivity contribution is 6.15. The van der Waals surface area contributed by atoms with Crippen molar-refractivity contribution >= 4 is 28.8 Å². The Morgan fingerprint density at radius 3 is 2.65 bits per heavy atom. The molecule has 3 rings (SSSR count). The van der Waals surface area contributed by atoms with Crippen LogP contribution in [0.25, 0.3) is 17.0 Å². The first-order valence-electron chi connectivity index (χ1n) is 6.40. The highest BCUT2D eigenvalue weighted by atomic mass is 16.2. The number of fused-ring (bicyclic) bond motifs is 1. The summed E-state index contributed by atoms with van der Waals surface area (Å²) < 4.78 is 0. The van der Waals surface area contributed by atoms with Gasteiger partial charge in [0, 0.05) is 43.8 Å². The Balaban J connectivity index is 2.11. The van der Waals surface area contributed by atoms with Gasteiger partial charge in [0.15, 0.2) is 0 Å². The molecule has 1 aromatic heterocycles. The molecule has 0 bridgehead atoms. The lowest BCUT2D eigenvalue weighted by molar-refractivity contribution is -0.121. The van der Waals surface area contributed by atoms with Crippen molar-refractivity contribution in [1.29, 1.82) is 0 Å². The molecule has 1 amide bonds. The molecule has 0 unspecified atom stereocenters. The van der Waals surface area contributed by atoms with E-state index in [4.69, 9.17) is 0 Å². The van der Waals surface area contributed by atoms with Crippen molar-refractivity contribution in [3.63, 3.8) is 0 Å². The van der Waals surface area contributed by atoms with Gasteiger partial charge in [0.25, 0.3) is 5.91 Å². The lowest BCUT2D eigenvalue weighted by atomic mass is 10.1. The zero-order chi connectivity index (χ0) is 14.3. The Kier molecular flexibility index (Phi) is 2.82. The summed E-state index contributed by atoms with van der Waals surface area (Å²) >= 11 is 0. The summed E-state index contributed by atoms with van der Waals surface area (Å²) in [4.78, 5) is 23.0. The first kappa shape index (κ1) is 12.5. The predicted molar refractivity (Wildman–Crippen MR) is 80.2 cm³/mol. The standard InChI is InChI=1S/C15H16N4O/c1-16-15-18(2)13(14(20)19(15)3)8-10-9-17-12-7-5-4-6-11(10)12/h4-9,17H,1-3H3. The van der Waals surface area contributed by atoms with E-state index in [-0.39, 0.29) is 5.91 Å². The number of aliphatic imine (C=N–C) groups is 1. The number of aromatic amines is 1. The van der Waals surface area contributed by atoms with Gasteiger partial charge in [0.2, 0.25) is 5.96 Å². The molecule has 5 nitrogen and oxygen atoms in total. The van der Waals surface area contributed by atoms with Crippen LogP contribution in [0.15, 0.2) is 41.2 Å². The van der Waals surface area contributed by atoms with Gasteiger partial charge in [0.05, 0.1) is 0 Å². The number of aromatic nitrogens is 1. The van der Waals surface area contributed by atoms with Gasteiger partial charge in [-0.25, -0.2) is 0 Å². The number of H-pyrrole nitrogens is 1. The van der Waals surface area contributed by atoms with Gasteiger partial charge in [-0.15, -0.1) is 0 Å². The summed E-state index contributed by atoms with van der Waals surface area (Å²) in [5.41, 5.74) is 2.68. The molecule has 1 aliphatic heterocycles. The Bertz CT molecular complexity index is 741. The number of guanidine groups is 1. The van der Waals surface area contributed by atoms with Gasteiger partial charge < -0.3 is 9.88 Å². The van der Waals surface area contributed by atoms with Crippen LogP contribution >= 0.6 is 0 Å². The lowest BCUT2D eigenvalue weighted by Gasteiger charge is -2.12. The van der Waals surface area contributed by atoms with Crippen molar-refractivity contribution < 1.29 is 4.79 Å². The number of carbonyl (C=O) groups is 1. The highest BCUT2D eigenvalue weighted by Crippen LogP contribution is 2.24. The lowest BCUT2D eigenvalue weighted by Crippen LogP contribution is -2.29. The fourth-order valence-electron chi connectivity index (χ4n) is 2.56. The summed E-state index contributed by atoms with van der Waals surface area (Å²) in [5, 5.41) is 1.10. The minimum absolute atomic E-state index is 0.0432. The van der Waals surface area contributed by atoms with Gasteiger partial charge in [-0.2, -0.15) is 0 Å². The Morgan fingerprint density at radius 2 is 1.95 bits per heavy atom. The highest BCUT2D eigenvalue weighted by Gasteiger charge is 2.33. The zero-order valence-electron chi connectivity index (χ0n) is 11.7. The minimum atomic E-state index is -0.0432. The molecule has 0 aliphatic carbocycles. The smallest absolute Gasteiger partial charge is 0.277 e. The average Bonchev–Trinajstić information content (AvgIpc) is 2.95. The van der Waals surface area contributed by atoms with Crippen molar-refractivity contribution in [2.75, 3.05) is 21.1 Å². The van der Waals surface area contributed by atoms with E-state index < -0.39 is 0 Å². The molecule has 0 spiro atoms. The third-order valence-corrected chi connectivity index (χ3v) is 3.60. The van der Waals surface area contributed by atoms with Crippen LogP contribution in [0.2, 0.25) is 0 Å². The van der Waals surface area contributed by atoms with E-state index in [9.17, 15) is 4.79 Å². The van der Waals surface area contributed by atoms with Crippen LogP contribution in [0.1, 0.15) is 5.56 Å². The second kappa shape index (κ2) is 4.52. The molecule has 0 saturated carbocycles. The van der Waals surface area contributed by atoms with Gasteiger partial charge in [-0.1, -0.05) is 18.2 Å². The molecule has 1 N–H and O–H groups in total. The third-order valence-electron chi connectivity index (χ3n) is 3.60. The Labute approximate surface area is 117 Å². The molecular formula is C15H16N4O. The summed E-state index contributed by atoms with van der Waals surface area (Å²) in [6.45, 7) is 0. The van der Waals surface area contributed by atoms with Crippen molar-refractivity contribution in [2.45, 2.75) is 0 Å². The first-order valence-corrected chi connectivity index (χ1v) is 6.40. The number of benzene rings is 1. The van der Waals surface area contributed by atoms with E-state index in [1.807, 2.05) is 48.5 Å². The van der Waals surface area contributed by atoms with Crippen molar-refractivity contribution in [2.24, 2.45) is 4.99 Å². The monoisotopic (exact) mass is 268 g/mol. The number of nitrogens with zero attached hydrogens (tertiary/aromatic N) is 3. The van der Waals surface area contributed by atoms with Crippen molar-refractivity contribution in [3.8, 4) is 0 Å². The average molecular weight is 268 g/mol. The predicted octanol–water partition coefficient (Wildman–Crippen LogP) is 1.90. The third kappa shape index (κ3) is 1.71. The number of likely N-dealkylation sites (N-methyl/N-ethyl adjacent to an activating group) is 2. The number of rotatable bonds is 1. The molecule has 1 aliphatic rings. The van der Waals surface area contributed by atoms with Crippen LogP contribution in [0.4, 0.5) is 0 Å². The molecule has 102 valence electrons. The molecule has 2 heterocycles. The minimum Gasteiger partial charge on any atom is -0.361 e. The number of carbonyl (C=O) groups excluding carboxylic acids is 1. The molecule has 0 radical (unpaired) electrons. The second-order valence-corrected chi connectivity index (χ2v) is 4.77. The number of amides is 1. The largest absolute Gasteiger partial charge is 0.361 e. The Hall–Kier alpha value is -2.56. The first-order chi connectivity index (χ1) is 9.63. The summed E-state index contributed by atoms with van der Waals surface area (Å²) in [7, 11) is 5.27. The maximum Gasteiger partial charge on any atom is 0.277 e. The molecule has 1 fully saturated rings. The van der Waals surface area contributed by atoms with E-state index in [1.54, 1.807) is 19.0 Å². The molecule has 20 heavy (non-hydrogen) atoms. The number of hydrogen-bond donors (Lipinski definition) is 1. The van der Waals surface area contributed by atoms with Crippen molar-refractivity contribution in [3.05, 3.63) is 41.7 Å². The fraction of sp³-hybridized carbons (Fsp3) is 0.200. The van der Waals surface area contributed by atoms with Crippen molar-refractivity contribution in [1.82, 2.24) is 14.8 Å². The van der Waals surface area contributed by atoms with E-state index >= 15 is 0 Å². The van der Waals surface area contributed by atoms with Crippen LogP contribution < -0.4 is 0 Å². The molecule has 2 aromatic rings. The number of hydrogen-bond acceptors (Lipinski definition) is 2. The molecule has 0 atom stereocenters. The molecule has 1 saturated heterocycles. The van der Waals surface area contributed by atoms with E-state index in [0.29, 0.717) is 11.7 Å². The summed E-state index contributed by atoms with van der Waals surface area (Å²) in [5.74, 6) is 0.611. The van der Waals surface area contributed by atoms with E-state index in [2.05, 4.69) is 9.98 Å². The zero-order valence-corrected chi connectivity index (χ0v) is 11.7.